The van der Waals surface area contributed by atoms with E-state index in [4.69, 9.17) is 13.9 Å². The van der Waals surface area contributed by atoms with Crippen molar-refractivity contribution in [1.29, 1.82) is 0 Å². The lowest BCUT2D eigenvalue weighted by molar-refractivity contribution is -0.149. The maximum atomic E-state index is 11.4. The van der Waals surface area contributed by atoms with E-state index < -0.39 is 12.1 Å². The van der Waals surface area contributed by atoms with Crippen molar-refractivity contribution in [2.24, 2.45) is 0 Å². The topological polar surface area (TPSA) is 81.8 Å². The van der Waals surface area contributed by atoms with Crippen LogP contribution >= 0.6 is 11.3 Å². The number of benzene rings is 1. The number of nitrogens with zero attached hydrogens (tertiary/aromatic N) is 1. The fraction of sp³-hybridized carbons (Fsp3) is 0.429. The minimum Gasteiger partial charge on any atom is -0.493 e. The highest BCUT2D eigenvalue weighted by atomic mass is 32.1. The SMILES string of the molecule is CCOC(Cc1ccc(OCCc2nc(CC)oc2C)c2ccsc12)C(=O)O. The van der Waals surface area contributed by atoms with Crippen molar-refractivity contribution in [2.45, 2.75) is 46.1 Å². The third-order valence-corrected chi connectivity index (χ3v) is 5.53. The molecule has 1 unspecified atom stereocenters. The molecular formula is C21H25NO5S. The fourth-order valence-electron chi connectivity index (χ4n) is 3.13. The van der Waals surface area contributed by atoms with Gasteiger partial charge in [-0.1, -0.05) is 13.0 Å². The Balaban J connectivity index is 1.72. The van der Waals surface area contributed by atoms with Crippen LogP contribution in [0.15, 0.2) is 28.0 Å². The second kappa shape index (κ2) is 9.21. The van der Waals surface area contributed by atoms with Gasteiger partial charge < -0.3 is 19.0 Å². The number of carboxylic acids is 1. The summed E-state index contributed by atoms with van der Waals surface area (Å²) < 4.78 is 18.0. The first-order valence-electron chi connectivity index (χ1n) is 9.44. The largest absolute Gasteiger partial charge is 0.493 e. The smallest absolute Gasteiger partial charge is 0.333 e. The van der Waals surface area contributed by atoms with Gasteiger partial charge in [0.25, 0.3) is 0 Å². The van der Waals surface area contributed by atoms with Crippen LogP contribution in [0.25, 0.3) is 10.1 Å². The number of rotatable bonds is 10. The first kappa shape index (κ1) is 20.4. The highest BCUT2D eigenvalue weighted by Gasteiger charge is 2.20. The number of hydrogen-bond acceptors (Lipinski definition) is 6. The molecule has 28 heavy (non-hydrogen) atoms. The van der Waals surface area contributed by atoms with Gasteiger partial charge in [-0.05, 0) is 36.9 Å². The van der Waals surface area contributed by atoms with Crippen LogP contribution in [0.4, 0.5) is 0 Å². The lowest BCUT2D eigenvalue weighted by atomic mass is 10.1. The van der Waals surface area contributed by atoms with Crippen molar-refractivity contribution in [3.8, 4) is 5.75 Å². The molecule has 0 saturated heterocycles. The molecule has 0 aliphatic rings. The number of aryl methyl sites for hydroxylation is 2. The van der Waals surface area contributed by atoms with E-state index in [0.29, 0.717) is 26.1 Å². The molecular weight excluding hydrogens is 378 g/mol. The van der Waals surface area contributed by atoms with Crippen LogP contribution in [0.1, 0.15) is 36.8 Å². The zero-order valence-corrected chi connectivity index (χ0v) is 17.2. The Kier molecular flexibility index (Phi) is 6.70. The predicted molar refractivity (Wildman–Crippen MR) is 108 cm³/mol. The molecule has 2 aromatic heterocycles. The monoisotopic (exact) mass is 403 g/mol. The van der Waals surface area contributed by atoms with E-state index in [-0.39, 0.29) is 0 Å². The number of aliphatic carboxylic acids is 1. The van der Waals surface area contributed by atoms with Gasteiger partial charge in [-0.25, -0.2) is 9.78 Å². The summed E-state index contributed by atoms with van der Waals surface area (Å²) in [7, 11) is 0. The Labute approximate surface area is 168 Å². The highest BCUT2D eigenvalue weighted by molar-refractivity contribution is 7.17. The molecule has 1 atom stereocenters. The Morgan fingerprint density at radius 2 is 2.14 bits per heavy atom. The second-order valence-electron chi connectivity index (χ2n) is 6.44. The first-order valence-corrected chi connectivity index (χ1v) is 10.3. The van der Waals surface area contributed by atoms with Crippen LogP contribution < -0.4 is 4.74 Å². The molecule has 6 nitrogen and oxygen atoms in total. The van der Waals surface area contributed by atoms with Gasteiger partial charge in [0.2, 0.25) is 0 Å². The van der Waals surface area contributed by atoms with E-state index in [9.17, 15) is 9.90 Å². The highest BCUT2D eigenvalue weighted by Crippen LogP contribution is 2.34. The average Bonchev–Trinajstić information content (AvgIpc) is 3.30. The number of ether oxygens (including phenoxy) is 2. The molecule has 1 N–H and O–H groups in total. The van der Waals surface area contributed by atoms with Crippen molar-refractivity contribution in [3.05, 3.63) is 46.5 Å². The minimum atomic E-state index is -0.943. The molecule has 0 spiro atoms. The van der Waals surface area contributed by atoms with Crippen LogP contribution in [0.2, 0.25) is 0 Å². The number of aromatic nitrogens is 1. The second-order valence-corrected chi connectivity index (χ2v) is 7.35. The average molecular weight is 404 g/mol. The van der Waals surface area contributed by atoms with Crippen molar-refractivity contribution in [1.82, 2.24) is 4.98 Å². The zero-order chi connectivity index (χ0) is 20.1. The van der Waals surface area contributed by atoms with Crippen LogP contribution in [0.5, 0.6) is 5.75 Å². The molecule has 3 rings (SSSR count). The van der Waals surface area contributed by atoms with Gasteiger partial charge in [0.1, 0.15) is 11.5 Å². The third-order valence-electron chi connectivity index (χ3n) is 4.54. The molecule has 1 aromatic carbocycles. The van der Waals surface area contributed by atoms with Crippen LogP contribution in [0, 0.1) is 6.92 Å². The molecule has 0 radical (unpaired) electrons. The summed E-state index contributed by atoms with van der Waals surface area (Å²) in [5.41, 5.74) is 1.88. The van der Waals surface area contributed by atoms with Crippen molar-refractivity contribution >= 4 is 27.4 Å². The van der Waals surface area contributed by atoms with Gasteiger partial charge >= 0.3 is 5.97 Å². The third kappa shape index (κ3) is 4.54. The molecule has 0 bridgehead atoms. The Bertz CT molecular complexity index is 946. The van der Waals surface area contributed by atoms with E-state index in [1.807, 2.05) is 37.4 Å². The maximum absolute atomic E-state index is 11.4. The molecule has 0 amide bonds. The predicted octanol–water partition coefficient (Wildman–Crippen LogP) is 4.41. The van der Waals surface area contributed by atoms with Gasteiger partial charge in [-0.2, -0.15) is 0 Å². The van der Waals surface area contributed by atoms with Crippen molar-refractivity contribution in [2.75, 3.05) is 13.2 Å². The van der Waals surface area contributed by atoms with Gasteiger partial charge in [0.05, 0.1) is 12.3 Å². The number of thiophene rings is 1. The Hall–Kier alpha value is -2.38. The lowest BCUT2D eigenvalue weighted by Gasteiger charge is -2.14. The summed E-state index contributed by atoms with van der Waals surface area (Å²) in [6, 6.07) is 5.84. The molecule has 0 saturated carbocycles. The number of oxazole rings is 1. The summed E-state index contributed by atoms with van der Waals surface area (Å²) in [4.78, 5) is 15.9. The molecule has 0 aliphatic heterocycles. The number of carboxylic acid groups (broad SMARTS) is 1. The normalized spacial score (nSPS) is 12.4. The van der Waals surface area contributed by atoms with Gasteiger partial charge in [-0.3, -0.25) is 0 Å². The first-order chi connectivity index (χ1) is 13.5. The Morgan fingerprint density at radius 3 is 2.82 bits per heavy atom. The molecule has 0 aliphatic carbocycles. The zero-order valence-electron chi connectivity index (χ0n) is 16.4. The summed E-state index contributed by atoms with van der Waals surface area (Å²) in [6.07, 6.45) is 0.939. The fourth-order valence-corrected chi connectivity index (χ4v) is 4.07. The summed E-state index contributed by atoms with van der Waals surface area (Å²) >= 11 is 1.58. The summed E-state index contributed by atoms with van der Waals surface area (Å²) in [6.45, 7) is 6.60. The van der Waals surface area contributed by atoms with Gasteiger partial charge in [0.15, 0.2) is 12.0 Å². The van der Waals surface area contributed by atoms with Gasteiger partial charge in [-0.15, -0.1) is 11.3 Å². The number of carbonyl (C=O) groups is 1. The van der Waals surface area contributed by atoms with Crippen LogP contribution in [-0.4, -0.2) is 35.4 Å². The standard InChI is InChI=1S/C21H25NO5S/c1-4-19-22-16(13(3)27-19)8-10-26-17-7-6-14(20-15(17)9-11-28-20)12-18(21(23)24)25-5-2/h6-7,9,11,18H,4-5,8,10,12H2,1-3H3,(H,23,24). The van der Waals surface area contributed by atoms with Crippen LogP contribution in [0.3, 0.4) is 0 Å². The van der Waals surface area contributed by atoms with Crippen LogP contribution in [-0.2, 0) is 28.8 Å². The summed E-state index contributed by atoms with van der Waals surface area (Å²) in [5, 5.41) is 12.3. The molecule has 3 aromatic rings. The molecule has 7 heteroatoms. The summed E-state index contributed by atoms with van der Waals surface area (Å²) in [5.74, 6) is 1.44. The Morgan fingerprint density at radius 1 is 1.32 bits per heavy atom. The minimum absolute atomic E-state index is 0.332. The molecule has 150 valence electrons. The molecule has 2 heterocycles. The number of fused-ring (bicyclic) bond motifs is 1. The molecule has 0 fully saturated rings. The number of hydrogen-bond donors (Lipinski definition) is 1. The van der Waals surface area contributed by atoms with E-state index >= 15 is 0 Å². The van der Waals surface area contributed by atoms with E-state index in [1.54, 1.807) is 18.3 Å². The van der Waals surface area contributed by atoms with Crippen molar-refractivity contribution < 1.29 is 23.8 Å². The lowest BCUT2D eigenvalue weighted by Crippen LogP contribution is -2.26. The maximum Gasteiger partial charge on any atom is 0.333 e. The van der Waals surface area contributed by atoms with Gasteiger partial charge in [0, 0.05) is 36.0 Å². The van der Waals surface area contributed by atoms with E-state index in [1.165, 1.54) is 0 Å². The quantitative estimate of drug-likeness (QED) is 0.540. The van der Waals surface area contributed by atoms with Crippen molar-refractivity contribution in [3.63, 3.8) is 0 Å². The van der Waals surface area contributed by atoms with E-state index in [0.717, 1.165) is 45.2 Å². The van der Waals surface area contributed by atoms with E-state index in [2.05, 4.69) is 4.98 Å².